The molecule has 16 heavy (non-hydrogen) atoms. The summed E-state index contributed by atoms with van der Waals surface area (Å²) in [5.41, 5.74) is 0. The Morgan fingerprint density at radius 1 is 1.31 bits per heavy atom. The lowest BCUT2D eigenvalue weighted by molar-refractivity contribution is -0.0470. The van der Waals surface area contributed by atoms with Crippen LogP contribution in [-0.4, -0.2) is 24.2 Å². The van der Waals surface area contributed by atoms with Gasteiger partial charge in [-0.1, -0.05) is 0 Å². The number of nitrogens with one attached hydrogen (secondary N) is 1. The van der Waals surface area contributed by atoms with E-state index >= 15 is 0 Å². The molecule has 0 spiro atoms. The molecule has 1 aliphatic heterocycles. The molecule has 1 aromatic heterocycles. The fraction of sp³-hybridized carbons (Fsp3) is 0.545. The zero-order chi connectivity index (χ0) is 10.3. The first kappa shape index (κ1) is 11.6. The maximum atomic E-state index is 12.6. The first-order valence-electron chi connectivity index (χ1n) is 5.32. The summed E-state index contributed by atoms with van der Waals surface area (Å²) in [6.45, 7) is 2.06. The van der Waals surface area contributed by atoms with E-state index < -0.39 is 0 Å². The molecular formula is C11H14ClFN2O. The van der Waals surface area contributed by atoms with E-state index in [4.69, 9.17) is 4.74 Å². The van der Waals surface area contributed by atoms with Gasteiger partial charge in [-0.25, -0.2) is 9.37 Å². The van der Waals surface area contributed by atoms with Crippen LogP contribution in [-0.2, 0) is 0 Å². The number of piperidine rings is 2. The predicted octanol–water partition coefficient (Wildman–Crippen LogP) is 1.63. The number of ether oxygens (including phenoxy) is 1. The van der Waals surface area contributed by atoms with Crippen molar-refractivity contribution in [3.63, 3.8) is 0 Å². The minimum atomic E-state index is -0.321. The summed E-state index contributed by atoms with van der Waals surface area (Å²) in [6.07, 6.45) is 2.73. The second kappa shape index (κ2) is 4.55. The summed E-state index contributed by atoms with van der Waals surface area (Å²) >= 11 is 0. The summed E-state index contributed by atoms with van der Waals surface area (Å²) in [5.74, 6) is 1.43. The van der Waals surface area contributed by atoms with Gasteiger partial charge in [0.05, 0.1) is 6.20 Å². The first-order valence-corrected chi connectivity index (χ1v) is 5.32. The monoisotopic (exact) mass is 244 g/mol. The van der Waals surface area contributed by atoms with Crippen molar-refractivity contribution in [2.75, 3.05) is 13.1 Å². The standard InChI is InChI=1S/C11H13FN2O.ClH/c12-9-1-2-10(14-6-9)15-11-7-3-8(11)5-13-4-7;/h1-2,6-8,11,13H,3-5H2;1H/t7-,8+,11?;. The number of nitrogens with zero attached hydrogens (tertiary/aromatic N) is 1. The molecule has 3 rings (SSSR count). The lowest BCUT2D eigenvalue weighted by atomic mass is 9.69. The highest BCUT2D eigenvalue weighted by atomic mass is 35.5. The van der Waals surface area contributed by atoms with Crippen LogP contribution in [0.4, 0.5) is 4.39 Å². The van der Waals surface area contributed by atoms with Crippen LogP contribution < -0.4 is 10.1 Å². The average Bonchev–Trinajstić information content (AvgIpc) is 2.29. The summed E-state index contributed by atoms with van der Waals surface area (Å²) in [7, 11) is 0. The lowest BCUT2D eigenvalue weighted by Gasteiger charge is -2.48. The van der Waals surface area contributed by atoms with Crippen LogP contribution in [0.2, 0.25) is 0 Å². The van der Waals surface area contributed by atoms with Crippen LogP contribution in [0.3, 0.4) is 0 Å². The van der Waals surface area contributed by atoms with E-state index in [1.165, 1.54) is 18.7 Å². The van der Waals surface area contributed by atoms with Gasteiger partial charge in [0.1, 0.15) is 11.9 Å². The second-order valence-electron chi connectivity index (χ2n) is 4.31. The predicted molar refractivity (Wildman–Crippen MR) is 60.3 cm³/mol. The average molecular weight is 245 g/mol. The number of halogens is 2. The molecule has 5 heteroatoms. The molecule has 1 saturated heterocycles. The van der Waals surface area contributed by atoms with Gasteiger partial charge in [-0.2, -0.15) is 0 Å². The number of aromatic nitrogens is 1. The highest BCUT2D eigenvalue weighted by Crippen LogP contribution is 2.38. The topological polar surface area (TPSA) is 34.1 Å². The molecule has 1 aromatic rings. The number of pyridine rings is 1. The van der Waals surface area contributed by atoms with Crippen LogP contribution in [0.15, 0.2) is 18.3 Å². The van der Waals surface area contributed by atoms with Gasteiger partial charge < -0.3 is 10.1 Å². The van der Waals surface area contributed by atoms with Crippen molar-refractivity contribution in [1.29, 1.82) is 0 Å². The number of fused-ring (bicyclic) bond motifs is 2. The van der Waals surface area contributed by atoms with Gasteiger partial charge in [0.25, 0.3) is 0 Å². The maximum Gasteiger partial charge on any atom is 0.213 e. The molecule has 0 radical (unpaired) electrons. The van der Waals surface area contributed by atoms with E-state index in [1.54, 1.807) is 6.07 Å². The van der Waals surface area contributed by atoms with Gasteiger partial charge >= 0.3 is 0 Å². The zero-order valence-corrected chi connectivity index (χ0v) is 9.54. The molecule has 1 unspecified atom stereocenters. The van der Waals surface area contributed by atoms with Gasteiger partial charge in [-0.3, -0.25) is 0 Å². The number of hydrogen-bond acceptors (Lipinski definition) is 3. The summed E-state index contributed by atoms with van der Waals surface area (Å²) in [5, 5.41) is 3.35. The van der Waals surface area contributed by atoms with Crippen LogP contribution in [0.1, 0.15) is 6.42 Å². The summed E-state index contributed by atoms with van der Waals surface area (Å²) in [4.78, 5) is 3.91. The summed E-state index contributed by atoms with van der Waals surface area (Å²) < 4.78 is 18.4. The molecule has 0 aromatic carbocycles. The van der Waals surface area contributed by atoms with E-state index in [9.17, 15) is 4.39 Å². The number of rotatable bonds is 2. The van der Waals surface area contributed by atoms with Crippen molar-refractivity contribution in [2.24, 2.45) is 11.8 Å². The molecule has 2 heterocycles. The minimum Gasteiger partial charge on any atom is -0.474 e. The molecule has 88 valence electrons. The third-order valence-corrected chi connectivity index (χ3v) is 3.30. The van der Waals surface area contributed by atoms with Crippen LogP contribution in [0.25, 0.3) is 0 Å². The van der Waals surface area contributed by atoms with Gasteiger partial charge in [-0.15, -0.1) is 12.4 Å². The Labute approximate surface area is 99.8 Å². The van der Waals surface area contributed by atoms with Crippen LogP contribution in [0, 0.1) is 17.7 Å². The van der Waals surface area contributed by atoms with E-state index in [0.717, 1.165) is 13.1 Å². The van der Waals surface area contributed by atoms with E-state index in [-0.39, 0.29) is 24.3 Å². The van der Waals surface area contributed by atoms with Crippen molar-refractivity contribution >= 4 is 12.4 Å². The molecule has 3 atom stereocenters. The Morgan fingerprint density at radius 2 is 2.06 bits per heavy atom. The highest BCUT2D eigenvalue weighted by molar-refractivity contribution is 5.85. The second-order valence-corrected chi connectivity index (χ2v) is 4.31. The smallest absolute Gasteiger partial charge is 0.213 e. The van der Waals surface area contributed by atoms with Gasteiger partial charge in [-0.05, 0) is 12.5 Å². The molecule has 3 nitrogen and oxygen atoms in total. The fourth-order valence-corrected chi connectivity index (χ4v) is 2.46. The normalized spacial score (nSPS) is 31.2. The maximum absolute atomic E-state index is 12.6. The molecule has 0 amide bonds. The van der Waals surface area contributed by atoms with Gasteiger partial charge in [0.15, 0.2) is 0 Å². The highest BCUT2D eigenvalue weighted by Gasteiger charge is 2.45. The Hall–Kier alpha value is -0.870. The SMILES string of the molecule is Cl.Fc1ccc(OC2[C@@H]3CNC[C@H]2C3)nc1. The van der Waals surface area contributed by atoms with Gasteiger partial charge in [0, 0.05) is 31.0 Å². The van der Waals surface area contributed by atoms with Crippen LogP contribution >= 0.6 is 12.4 Å². The Kier molecular flexibility index (Phi) is 3.30. The Bertz CT molecular complexity index is 346. The van der Waals surface area contributed by atoms with E-state index in [0.29, 0.717) is 17.7 Å². The van der Waals surface area contributed by atoms with E-state index in [1.807, 2.05) is 0 Å². The van der Waals surface area contributed by atoms with Crippen molar-refractivity contribution in [3.8, 4) is 5.88 Å². The van der Waals surface area contributed by atoms with Crippen LogP contribution in [0.5, 0.6) is 5.88 Å². The molecule has 2 fully saturated rings. The Morgan fingerprint density at radius 3 is 2.62 bits per heavy atom. The van der Waals surface area contributed by atoms with Crippen molar-refractivity contribution in [3.05, 3.63) is 24.1 Å². The molecular weight excluding hydrogens is 231 g/mol. The Balaban J connectivity index is 0.000000963. The molecule has 1 saturated carbocycles. The minimum absolute atomic E-state index is 0. The van der Waals surface area contributed by atoms with Crippen molar-refractivity contribution in [1.82, 2.24) is 10.3 Å². The zero-order valence-electron chi connectivity index (χ0n) is 8.73. The molecule has 2 bridgehead atoms. The summed E-state index contributed by atoms with van der Waals surface area (Å²) in [6, 6.07) is 2.98. The van der Waals surface area contributed by atoms with Crippen molar-refractivity contribution in [2.45, 2.75) is 12.5 Å². The van der Waals surface area contributed by atoms with Crippen molar-refractivity contribution < 1.29 is 9.13 Å². The number of hydrogen-bond donors (Lipinski definition) is 1. The first-order chi connectivity index (χ1) is 7.33. The molecule has 1 aliphatic carbocycles. The quantitative estimate of drug-likeness (QED) is 0.859. The lowest BCUT2D eigenvalue weighted by Crippen LogP contribution is -2.59. The van der Waals surface area contributed by atoms with E-state index in [2.05, 4.69) is 10.3 Å². The molecule has 1 N–H and O–H groups in total. The fourth-order valence-electron chi connectivity index (χ4n) is 2.46. The third kappa shape index (κ3) is 1.99. The largest absolute Gasteiger partial charge is 0.474 e. The third-order valence-electron chi connectivity index (χ3n) is 3.30. The van der Waals surface area contributed by atoms with Gasteiger partial charge in [0.2, 0.25) is 5.88 Å². The molecule has 2 aliphatic rings.